The van der Waals surface area contributed by atoms with Gasteiger partial charge in [0.15, 0.2) is 0 Å². The molecule has 0 aliphatic rings. The van der Waals surface area contributed by atoms with Gasteiger partial charge in [-0.3, -0.25) is 4.79 Å². The molecule has 0 bridgehead atoms. The summed E-state index contributed by atoms with van der Waals surface area (Å²) in [7, 11) is 1.61. The Hall–Kier alpha value is -2.29. The first-order valence-electron chi connectivity index (χ1n) is 7.19. The molecule has 2 aromatic rings. The number of hydrogen-bond acceptors (Lipinski definition) is 2. The van der Waals surface area contributed by atoms with Gasteiger partial charge in [-0.2, -0.15) is 0 Å². The highest BCUT2D eigenvalue weighted by Crippen LogP contribution is 2.21. The molecule has 3 nitrogen and oxygen atoms in total. The standard InChI is InChI=1S/C18H21NO2/c1-4-13(2)14-5-9-16(10-6-14)19-18(20)15-7-11-17(21-3)12-8-15/h5-13H,4H2,1-3H3,(H,19,20)/t13-/m0/s1. The van der Waals surface area contributed by atoms with Gasteiger partial charge in [0.2, 0.25) is 0 Å². The van der Waals surface area contributed by atoms with E-state index in [9.17, 15) is 4.79 Å². The van der Waals surface area contributed by atoms with Crippen LogP contribution in [0.25, 0.3) is 0 Å². The largest absolute Gasteiger partial charge is 0.497 e. The van der Waals surface area contributed by atoms with E-state index in [-0.39, 0.29) is 5.91 Å². The Bertz CT molecular complexity index is 588. The zero-order valence-corrected chi connectivity index (χ0v) is 12.7. The van der Waals surface area contributed by atoms with Crippen LogP contribution in [0.4, 0.5) is 5.69 Å². The predicted octanol–water partition coefficient (Wildman–Crippen LogP) is 4.46. The molecule has 0 aliphatic carbocycles. The molecule has 0 spiro atoms. The average Bonchev–Trinajstić information content (AvgIpc) is 2.55. The molecule has 2 aromatic carbocycles. The van der Waals surface area contributed by atoms with Crippen molar-refractivity contribution in [1.29, 1.82) is 0 Å². The molecular formula is C18H21NO2. The summed E-state index contributed by atoms with van der Waals surface area (Å²) in [6.07, 6.45) is 1.11. The number of rotatable bonds is 5. The van der Waals surface area contributed by atoms with Gasteiger partial charge in [0.1, 0.15) is 5.75 Å². The fourth-order valence-corrected chi connectivity index (χ4v) is 2.08. The third kappa shape index (κ3) is 3.85. The van der Waals surface area contributed by atoms with Crippen LogP contribution < -0.4 is 10.1 Å². The van der Waals surface area contributed by atoms with E-state index in [2.05, 4.69) is 31.3 Å². The highest BCUT2D eigenvalue weighted by molar-refractivity contribution is 6.04. The minimum absolute atomic E-state index is 0.117. The summed E-state index contributed by atoms with van der Waals surface area (Å²) in [5.74, 6) is 1.16. The Kier molecular flexibility index (Phi) is 4.99. The maximum Gasteiger partial charge on any atom is 0.255 e. The monoisotopic (exact) mass is 283 g/mol. The van der Waals surface area contributed by atoms with E-state index in [1.54, 1.807) is 31.4 Å². The fraction of sp³-hybridized carbons (Fsp3) is 0.278. The zero-order chi connectivity index (χ0) is 15.2. The minimum Gasteiger partial charge on any atom is -0.497 e. The topological polar surface area (TPSA) is 38.3 Å². The van der Waals surface area contributed by atoms with E-state index in [1.807, 2.05) is 12.1 Å². The molecule has 0 saturated heterocycles. The van der Waals surface area contributed by atoms with Crippen molar-refractivity contribution in [2.24, 2.45) is 0 Å². The Morgan fingerprint density at radius 2 is 1.71 bits per heavy atom. The summed E-state index contributed by atoms with van der Waals surface area (Å²) >= 11 is 0. The van der Waals surface area contributed by atoms with E-state index in [0.717, 1.165) is 17.9 Å². The van der Waals surface area contributed by atoms with E-state index in [1.165, 1.54) is 5.56 Å². The molecule has 110 valence electrons. The second kappa shape index (κ2) is 6.93. The molecule has 0 radical (unpaired) electrons. The van der Waals surface area contributed by atoms with Crippen LogP contribution in [0, 0.1) is 0 Å². The number of carbonyl (C=O) groups is 1. The van der Waals surface area contributed by atoms with Gasteiger partial charge in [0.05, 0.1) is 7.11 Å². The van der Waals surface area contributed by atoms with Crippen molar-refractivity contribution >= 4 is 11.6 Å². The average molecular weight is 283 g/mol. The van der Waals surface area contributed by atoms with Crippen molar-refractivity contribution < 1.29 is 9.53 Å². The highest BCUT2D eigenvalue weighted by atomic mass is 16.5. The third-order valence-electron chi connectivity index (χ3n) is 3.70. The van der Waals surface area contributed by atoms with Crippen LogP contribution >= 0.6 is 0 Å². The molecular weight excluding hydrogens is 262 g/mol. The number of benzene rings is 2. The number of ether oxygens (including phenoxy) is 1. The molecule has 1 amide bonds. The lowest BCUT2D eigenvalue weighted by Gasteiger charge is -2.10. The summed E-state index contributed by atoms with van der Waals surface area (Å²) in [5, 5.41) is 2.90. The van der Waals surface area contributed by atoms with Gasteiger partial charge >= 0.3 is 0 Å². The minimum atomic E-state index is -0.117. The summed E-state index contributed by atoms with van der Waals surface area (Å²) in [6, 6.07) is 15.1. The highest BCUT2D eigenvalue weighted by Gasteiger charge is 2.07. The molecule has 0 saturated carbocycles. The quantitative estimate of drug-likeness (QED) is 0.879. The first kappa shape index (κ1) is 15.1. The van der Waals surface area contributed by atoms with Gasteiger partial charge in [-0.25, -0.2) is 0 Å². The maximum atomic E-state index is 12.1. The van der Waals surface area contributed by atoms with Crippen molar-refractivity contribution in [3.05, 3.63) is 59.7 Å². The van der Waals surface area contributed by atoms with Crippen molar-refractivity contribution in [3.8, 4) is 5.75 Å². The lowest BCUT2D eigenvalue weighted by atomic mass is 9.98. The number of hydrogen-bond donors (Lipinski definition) is 1. The van der Waals surface area contributed by atoms with E-state index < -0.39 is 0 Å². The van der Waals surface area contributed by atoms with Gasteiger partial charge < -0.3 is 10.1 Å². The summed E-state index contributed by atoms with van der Waals surface area (Å²) in [5.41, 5.74) is 2.71. The first-order chi connectivity index (χ1) is 10.1. The SMILES string of the molecule is CC[C@H](C)c1ccc(NC(=O)c2ccc(OC)cc2)cc1. The van der Waals surface area contributed by atoms with Gasteiger partial charge in [0, 0.05) is 11.3 Å². The van der Waals surface area contributed by atoms with Crippen molar-refractivity contribution in [2.75, 3.05) is 12.4 Å². The molecule has 21 heavy (non-hydrogen) atoms. The van der Waals surface area contributed by atoms with Crippen LogP contribution in [-0.2, 0) is 0 Å². The van der Waals surface area contributed by atoms with E-state index in [0.29, 0.717) is 11.5 Å². The molecule has 2 rings (SSSR count). The number of anilines is 1. The zero-order valence-electron chi connectivity index (χ0n) is 12.7. The Morgan fingerprint density at radius 1 is 1.10 bits per heavy atom. The van der Waals surface area contributed by atoms with Crippen molar-refractivity contribution in [2.45, 2.75) is 26.2 Å². The Morgan fingerprint density at radius 3 is 2.24 bits per heavy atom. The molecule has 0 heterocycles. The first-order valence-corrected chi connectivity index (χ1v) is 7.19. The number of amides is 1. The van der Waals surface area contributed by atoms with Gasteiger partial charge in [-0.1, -0.05) is 26.0 Å². The summed E-state index contributed by atoms with van der Waals surface area (Å²) in [6.45, 7) is 4.37. The smallest absolute Gasteiger partial charge is 0.255 e. The van der Waals surface area contributed by atoms with Crippen LogP contribution in [0.5, 0.6) is 5.75 Å². The van der Waals surface area contributed by atoms with Crippen LogP contribution in [0.15, 0.2) is 48.5 Å². The van der Waals surface area contributed by atoms with Crippen LogP contribution in [-0.4, -0.2) is 13.0 Å². The van der Waals surface area contributed by atoms with Crippen molar-refractivity contribution in [1.82, 2.24) is 0 Å². The van der Waals surface area contributed by atoms with Crippen LogP contribution in [0.2, 0.25) is 0 Å². The molecule has 0 aliphatic heterocycles. The maximum absolute atomic E-state index is 12.1. The summed E-state index contributed by atoms with van der Waals surface area (Å²) < 4.78 is 5.08. The number of nitrogens with one attached hydrogen (secondary N) is 1. The van der Waals surface area contributed by atoms with Gasteiger partial charge in [-0.05, 0) is 54.3 Å². The molecule has 1 atom stereocenters. The summed E-state index contributed by atoms with van der Waals surface area (Å²) in [4.78, 5) is 12.1. The Labute approximate surface area is 126 Å². The fourth-order valence-electron chi connectivity index (χ4n) is 2.08. The third-order valence-corrected chi connectivity index (χ3v) is 3.70. The molecule has 0 aromatic heterocycles. The lowest BCUT2D eigenvalue weighted by molar-refractivity contribution is 0.102. The number of methoxy groups -OCH3 is 1. The second-order valence-electron chi connectivity index (χ2n) is 5.11. The van der Waals surface area contributed by atoms with Crippen LogP contribution in [0.1, 0.15) is 42.1 Å². The predicted molar refractivity (Wildman–Crippen MR) is 86.1 cm³/mol. The number of carbonyl (C=O) groups excluding carboxylic acids is 1. The van der Waals surface area contributed by atoms with E-state index >= 15 is 0 Å². The molecule has 0 unspecified atom stereocenters. The molecule has 1 N–H and O–H groups in total. The van der Waals surface area contributed by atoms with Gasteiger partial charge in [0.25, 0.3) is 5.91 Å². The second-order valence-corrected chi connectivity index (χ2v) is 5.11. The normalized spacial score (nSPS) is 11.8. The van der Waals surface area contributed by atoms with Crippen molar-refractivity contribution in [3.63, 3.8) is 0 Å². The Balaban J connectivity index is 2.04. The van der Waals surface area contributed by atoms with Gasteiger partial charge in [-0.15, -0.1) is 0 Å². The van der Waals surface area contributed by atoms with Crippen LogP contribution in [0.3, 0.4) is 0 Å². The lowest BCUT2D eigenvalue weighted by Crippen LogP contribution is -2.11. The van der Waals surface area contributed by atoms with E-state index in [4.69, 9.17) is 4.74 Å². The molecule has 3 heteroatoms. The molecule has 0 fully saturated rings.